The summed E-state index contributed by atoms with van der Waals surface area (Å²) in [5, 5.41) is 3.47. The molecule has 152 valence electrons. The smallest absolute Gasteiger partial charge is 0.258 e. The van der Waals surface area contributed by atoms with E-state index in [2.05, 4.69) is 15.3 Å². The lowest BCUT2D eigenvalue weighted by atomic mass is 10.1. The average molecular weight is 396 g/mol. The first-order chi connectivity index (χ1) is 14.0. The number of hydrogen-bond donors (Lipinski definition) is 2. The second-order valence-electron chi connectivity index (χ2n) is 6.94. The van der Waals surface area contributed by atoms with Crippen molar-refractivity contribution in [2.75, 3.05) is 13.1 Å². The van der Waals surface area contributed by atoms with Gasteiger partial charge in [-0.2, -0.15) is 0 Å². The van der Waals surface area contributed by atoms with E-state index in [4.69, 9.17) is 0 Å². The van der Waals surface area contributed by atoms with E-state index in [1.807, 2.05) is 24.8 Å². The molecule has 3 rings (SSSR count). The maximum Gasteiger partial charge on any atom is 0.258 e. The van der Waals surface area contributed by atoms with E-state index in [9.17, 15) is 14.0 Å². The number of aromatic nitrogens is 2. The second kappa shape index (κ2) is 9.43. The lowest BCUT2D eigenvalue weighted by Gasteiger charge is -2.26. The maximum atomic E-state index is 13.0. The summed E-state index contributed by atoms with van der Waals surface area (Å²) < 4.78 is 13.0. The third-order valence-corrected chi connectivity index (χ3v) is 4.97. The Morgan fingerprint density at radius 2 is 1.93 bits per heavy atom. The summed E-state index contributed by atoms with van der Waals surface area (Å²) in [5.74, 6) is 0.156. The van der Waals surface area contributed by atoms with Gasteiger partial charge in [-0.1, -0.05) is 31.2 Å². The number of rotatable bonds is 8. The highest BCUT2D eigenvalue weighted by Gasteiger charge is 2.21. The Kier molecular flexibility index (Phi) is 6.72. The third-order valence-electron chi connectivity index (χ3n) is 4.97. The van der Waals surface area contributed by atoms with E-state index in [0.29, 0.717) is 42.8 Å². The van der Waals surface area contributed by atoms with Crippen LogP contribution in [0.1, 0.15) is 25.2 Å². The lowest BCUT2D eigenvalue weighted by molar-refractivity contribution is -0.126. The van der Waals surface area contributed by atoms with Gasteiger partial charge in [0.1, 0.15) is 11.6 Å². The monoisotopic (exact) mass is 396 g/mol. The molecule has 0 aliphatic heterocycles. The zero-order valence-electron chi connectivity index (χ0n) is 16.6. The highest BCUT2D eigenvalue weighted by atomic mass is 19.1. The van der Waals surface area contributed by atoms with Crippen molar-refractivity contribution in [2.45, 2.75) is 32.9 Å². The summed E-state index contributed by atoms with van der Waals surface area (Å²) in [4.78, 5) is 34.1. The van der Waals surface area contributed by atoms with Gasteiger partial charge in [-0.3, -0.25) is 14.5 Å². The molecule has 6 nitrogen and oxygen atoms in total. The molecule has 1 atom stereocenters. The normalized spacial score (nSPS) is 12.3. The van der Waals surface area contributed by atoms with Crippen LogP contribution in [0.4, 0.5) is 4.39 Å². The number of para-hydroxylation sites is 1. The molecule has 0 aliphatic rings. The lowest BCUT2D eigenvalue weighted by Crippen LogP contribution is -2.45. The number of hydrogen-bond acceptors (Lipinski definition) is 4. The van der Waals surface area contributed by atoms with Gasteiger partial charge in [0.05, 0.1) is 23.5 Å². The fourth-order valence-electron chi connectivity index (χ4n) is 3.22. The molecule has 29 heavy (non-hydrogen) atoms. The molecule has 0 saturated heterocycles. The Morgan fingerprint density at radius 3 is 2.66 bits per heavy atom. The zero-order valence-corrected chi connectivity index (χ0v) is 16.6. The molecule has 1 amide bonds. The molecule has 0 radical (unpaired) electrons. The molecular formula is C22H25FN4O2. The van der Waals surface area contributed by atoms with Crippen molar-refractivity contribution in [1.82, 2.24) is 20.2 Å². The first-order valence-electron chi connectivity index (χ1n) is 9.72. The standard InChI is InChI=1S/C22H25FN4O2/c1-3-27(14-20-25-19-7-5-4-6-18(19)22(29)26-20)15(2)21(28)24-13-12-16-8-10-17(23)11-9-16/h4-11,15H,3,12-14H2,1-2H3,(H,24,28)(H,25,26,29). The predicted molar refractivity (Wildman–Crippen MR) is 111 cm³/mol. The highest BCUT2D eigenvalue weighted by molar-refractivity contribution is 5.81. The van der Waals surface area contributed by atoms with Crippen LogP contribution in [-0.2, 0) is 17.8 Å². The van der Waals surface area contributed by atoms with E-state index in [1.165, 1.54) is 12.1 Å². The van der Waals surface area contributed by atoms with Gasteiger partial charge in [0.2, 0.25) is 5.91 Å². The number of likely N-dealkylation sites (N-methyl/N-ethyl adjacent to an activating group) is 1. The van der Waals surface area contributed by atoms with Crippen LogP contribution in [-0.4, -0.2) is 39.9 Å². The van der Waals surface area contributed by atoms with Crippen molar-refractivity contribution in [2.24, 2.45) is 0 Å². The third kappa shape index (κ3) is 5.26. The van der Waals surface area contributed by atoms with Crippen LogP contribution in [0.2, 0.25) is 0 Å². The molecule has 1 unspecified atom stereocenters. The van der Waals surface area contributed by atoms with Crippen LogP contribution in [0.5, 0.6) is 0 Å². The van der Waals surface area contributed by atoms with Gasteiger partial charge in [-0.15, -0.1) is 0 Å². The van der Waals surface area contributed by atoms with Crippen LogP contribution in [0.3, 0.4) is 0 Å². The second-order valence-corrected chi connectivity index (χ2v) is 6.94. The number of amides is 1. The van der Waals surface area contributed by atoms with Gasteiger partial charge in [0, 0.05) is 6.54 Å². The first-order valence-corrected chi connectivity index (χ1v) is 9.72. The van der Waals surface area contributed by atoms with E-state index in [0.717, 1.165) is 5.56 Å². The number of carbonyl (C=O) groups is 1. The van der Waals surface area contributed by atoms with E-state index in [-0.39, 0.29) is 23.3 Å². The number of aromatic amines is 1. The van der Waals surface area contributed by atoms with Crippen molar-refractivity contribution >= 4 is 16.8 Å². The van der Waals surface area contributed by atoms with Gasteiger partial charge >= 0.3 is 0 Å². The molecule has 0 spiro atoms. The quantitative estimate of drug-likeness (QED) is 0.614. The van der Waals surface area contributed by atoms with Gasteiger partial charge in [0.15, 0.2) is 0 Å². The summed E-state index contributed by atoms with van der Waals surface area (Å²) in [6.45, 7) is 5.25. The molecule has 0 fully saturated rings. The SMILES string of the molecule is CCN(Cc1nc2ccccc2c(=O)[nH]1)C(C)C(=O)NCCc1ccc(F)cc1. The molecule has 0 aliphatic carbocycles. The Bertz CT molecular complexity index is 1030. The number of fused-ring (bicyclic) bond motifs is 1. The predicted octanol–water partition coefficient (Wildman–Crippen LogP) is 2.63. The molecule has 0 saturated carbocycles. The van der Waals surface area contributed by atoms with Crippen LogP contribution < -0.4 is 10.9 Å². The van der Waals surface area contributed by atoms with Crippen LogP contribution in [0.15, 0.2) is 53.3 Å². The molecule has 1 heterocycles. The van der Waals surface area contributed by atoms with Gasteiger partial charge in [-0.25, -0.2) is 9.37 Å². The number of halogens is 1. The molecule has 1 aromatic heterocycles. The van der Waals surface area contributed by atoms with Gasteiger partial charge in [0.25, 0.3) is 5.56 Å². The van der Waals surface area contributed by atoms with Crippen molar-refractivity contribution in [3.05, 3.63) is 76.1 Å². The Labute approximate surface area is 168 Å². The van der Waals surface area contributed by atoms with E-state index < -0.39 is 0 Å². The highest BCUT2D eigenvalue weighted by Crippen LogP contribution is 2.09. The average Bonchev–Trinajstić information content (AvgIpc) is 2.73. The van der Waals surface area contributed by atoms with Crippen molar-refractivity contribution in [1.29, 1.82) is 0 Å². The molecule has 3 aromatic rings. The maximum absolute atomic E-state index is 13.0. The minimum absolute atomic E-state index is 0.0999. The van der Waals surface area contributed by atoms with E-state index >= 15 is 0 Å². The first kappa shape index (κ1) is 20.7. The summed E-state index contributed by atoms with van der Waals surface area (Å²) in [6, 6.07) is 13.0. The van der Waals surface area contributed by atoms with Gasteiger partial charge in [-0.05, 0) is 49.7 Å². The van der Waals surface area contributed by atoms with Gasteiger partial charge < -0.3 is 10.3 Å². The number of benzene rings is 2. The Hall–Kier alpha value is -3.06. The van der Waals surface area contributed by atoms with Crippen LogP contribution in [0.25, 0.3) is 10.9 Å². The van der Waals surface area contributed by atoms with Crippen molar-refractivity contribution in [3.8, 4) is 0 Å². The largest absolute Gasteiger partial charge is 0.354 e. The molecule has 7 heteroatoms. The Morgan fingerprint density at radius 1 is 1.21 bits per heavy atom. The summed E-state index contributed by atoms with van der Waals surface area (Å²) in [5.41, 5.74) is 1.42. The zero-order chi connectivity index (χ0) is 20.8. The molecule has 2 N–H and O–H groups in total. The minimum Gasteiger partial charge on any atom is -0.354 e. The number of H-pyrrole nitrogens is 1. The van der Waals surface area contributed by atoms with Crippen molar-refractivity contribution < 1.29 is 9.18 Å². The molecule has 0 bridgehead atoms. The fraction of sp³-hybridized carbons (Fsp3) is 0.318. The number of nitrogens with one attached hydrogen (secondary N) is 2. The minimum atomic E-state index is -0.384. The number of carbonyl (C=O) groups excluding carboxylic acids is 1. The van der Waals surface area contributed by atoms with Crippen molar-refractivity contribution in [3.63, 3.8) is 0 Å². The van der Waals surface area contributed by atoms with Crippen LogP contribution >= 0.6 is 0 Å². The topological polar surface area (TPSA) is 78.1 Å². The van der Waals surface area contributed by atoms with E-state index in [1.54, 1.807) is 30.3 Å². The molecule has 2 aromatic carbocycles. The fourth-order valence-corrected chi connectivity index (χ4v) is 3.22. The molecular weight excluding hydrogens is 371 g/mol. The Balaban J connectivity index is 1.60. The number of nitrogens with zero attached hydrogens (tertiary/aromatic N) is 2. The summed E-state index contributed by atoms with van der Waals surface area (Å²) in [6.07, 6.45) is 0.629. The van der Waals surface area contributed by atoms with Crippen LogP contribution in [0, 0.1) is 5.82 Å². The summed E-state index contributed by atoms with van der Waals surface area (Å²) in [7, 11) is 0. The summed E-state index contributed by atoms with van der Waals surface area (Å²) >= 11 is 0.